The average molecular weight is 504 g/mol. The number of aromatic nitrogens is 1. The summed E-state index contributed by atoms with van der Waals surface area (Å²) in [5.41, 5.74) is 4.69. The van der Waals surface area contributed by atoms with E-state index in [9.17, 15) is 18.4 Å². The van der Waals surface area contributed by atoms with Crippen molar-refractivity contribution in [3.8, 4) is 11.6 Å². The predicted molar refractivity (Wildman–Crippen MR) is 120 cm³/mol. The van der Waals surface area contributed by atoms with E-state index < -0.39 is 35.9 Å². The Morgan fingerprint density at radius 3 is 2.58 bits per heavy atom. The van der Waals surface area contributed by atoms with E-state index in [1.165, 1.54) is 12.8 Å². The number of carbonyl (C=O) groups is 2. The number of nitrogens with two attached hydrogens (primary N) is 1. The fourth-order valence-electron chi connectivity index (χ4n) is 3.30. The van der Waals surface area contributed by atoms with E-state index in [1.54, 1.807) is 0 Å². The maximum atomic E-state index is 14.0. The fraction of sp³-hybridized carbons (Fsp3) is 0.450. The van der Waals surface area contributed by atoms with Gasteiger partial charge in [0.1, 0.15) is 18.2 Å². The van der Waals surface area contributed by atoms with E-state index >= 15 is 0 Å². The minimum absolute atomic E-state index is 0.0513. The highest BCUT2D eigenvalue weighted by Gasteiger charge is 2.22. The normalized spacial score (nSPS) is 13.7. The number of hydrogen-bond donors (Lipinski definition) is 3. The molecule has 1 aliphatic rings. The third kappa shape index (κ3) is 7.41. The van der Waals surface area contributed by atoms with Gasteiger partial charge in [-0.2, -0.15) is 0 Å². The molecule has 0 aliphatic carbocycles. The Morgan fingerprint density at radius 1 is 1.21 bits per heavy atom. The van der Waals surface area contributed by atoms with Crippen LogP contribution in [0.25, 0.3) is 0 Å². The molecule has 3 rings (SSSR count). The summed E-state index contributed by atoms with van der Waals surface area (Å²) in [4.78, 5) is 25.9. The van der Waals surface area contributed by atoms with E-state index in [0.717, 1.165) is 56.1 Å². The molecule has 2 aromatic rings. The largest absolute Gasteiger partial charge is 0.469 e. The van der Waals surface area contributed by atoms with Crippen LogP contribution in [-0.4, -0.2) is 47.6 Å². The van der Waals surface area contributed by atoms with Crippen molar-refractivity contribution >= 4 is 40.3 Å². The molecule has 4 N–H and O–H groups in total. The van der Waals surface area contributed by atoms with Crippen LogP contribution < -0.4 is 25.8 Å². The lowest BCUT2D eigenvalue weighted by atomic mass is 10.2. The molecule has 1 aromatic carbocycles. The molecule has 0 radical (unpaired) electrons. The maximum absolute atomic E-state index is 14.0. The van der Waals surface area contributed by atoms with E-state index in [2.05, 4.69) is 19.9 Å². The lowest BCUT2D eigenvalue weighted by molar-refractivity contribution is 0.205. The Hall–Kier alpha value is -2.70. The smallest absolute Gasteiger partial charge is 0.410 e. The number of anilines is 1. The molecular weight excluding hydrogens is 480 g/mol. The third-order valence-corrected chi connectivity index (χ3v) is 5.84. The van der Waals surface area contributed by atoms with Gasteiger partial charge in [0.05, 0.1) is 5.56 Å². The van der Waals surface area contributed by atoms with Crippen LogP contribution in [0.4, 0.5) is 23.4 Å². The van der Waals surface area contributed by atoms with Crippen molar-refractivity contribution in [2.24, 2.45) is 5.73 Å². The summed E-state index contributed by atoms with van der Waals surface area (Å²) in [6.45, 7) is 3.16. The van der Waals surface area contributed by atoms with Crippen LogP contribution in [0.5, 0.6) is 11.6 Å². The van der Waals surface area contributed by atoms with Gasteiger partial charge in [-0.3, -0.25) is 5.32 Å². The average Bonchev–Trinajstić information content (AvgIpc) is 3.38. The topological polar surface area (TPSA) is 119 Å². The Bertz CT molecular complexity index is 964. The van der Waals surface area contributed by atoms with Crippen molar-refractivity contribution in [2.45, 2.75) is 32.3 Å². The van der Waals surface area contributed by atoms with Crippen LogP contribution in [0, 0.1) is 11.6 Å². The Kier molecular flexibility index (Phi) is 9.03. The standard InChI is InChI=1S/C20H24ClF2N5O4S/c21-12-9-14(22)13(15(23)10-12)11-31-17-16(32-19(24)29)18(33-27-17)26-20(30)25-5-1-2-6-28-7-3-4-8-28/h9-10H,1-8,11H2,(H2,24,29)(H2,25,26,30). The first-order valence-electron chi connectivity index (χ1n) is 10.3. The summed E-state index contributed by atoms with van der Waals surface area (Å²) < 4.78 is 42.1. The first-order valence-corrected chi connectivity index (χ1v) is 11.5. The summed E-state index contributed by atoms with van der Waals surface area (Å²) >= 11 is 6.36. The number of nitrogens with one attached hydrogen (secondary N) is 2. The number of benzene rings is 1. The van der Waals surface area contributed by atoms with Gasteiger partial charge in [0, 0.05) is 11.6 Å². The van der Waals surface area contributed by atoms with E-state index in [1.807, 2.05) is 0 Å². The number of unbranched alkanes of at least 4 members (excludes halogenated alkanes) is 1. The number of ether oxygens (including phenoxy) is 2. The molecule has 0 atom stereocenters. The molecule has 33 heavy (non-hydrogen) atoms. The second kappa shape index (κ2) is 12.0. The summed E-state index contributed by atoms with van der Waals surface area (Å²) in [5.74, 6) is -2.33. The number of likely N-dealkylation sites (tertiary alicyclic amines) is 1. The first kappa shape index (κ1) is 24.9. The first-order chi connectivity index (χ1) is 15.8. The molecule has 0 saturated carbocycles. The number of rotatable bonds is 10. The van der Waals surface area contributed by atoms with Crippen LogP contribution in [0.15, 0.2) is 12.1 Å². The van der Waals surface area contributed by atoms with Crippen molar-refractivity contribution in [3.05, 3.63) is 34.4 Å². The number of carbonyl (C=O) groups excluding carboxylic acids is 2. The van der Waals surface area contributed by atoms with Gasteiger partial charge in [-0.05, 0) is 69.0 Å². The SMILES string of the molecule is NC(=O)Oc1c(OCc2c(F)cc(Cl)cc2F)nsc1NC(=O)NCCCCN1CCCC1. The van der Waals surface area contributed by atoms with Crippen LogP contribution >= 0.6 is 23.1 Å². The molecule has 1 aromatic heterocycles. The lowest BCUT2D eigenvalue weighted by Gasteiger charge is -2.14. The zero-order chi connectivity index (χ0) is 23.8. The van der Waals surface area contributed by atoms with Crippen molar-refractivity contribution in [2.75, 3.05) is 31.5 Å². The molecular formula is C20H24ClF2N5O4S. The van der Waals surface area contributed by atoms with E-state index in [-0.39, 0.29) is 21.7 Å². The van der Waals surface area contributed by atoms with Gasteiger partial charge in [0.25, 0.3) is 5.88 Å². The maximum Gasteiger partial charge on any atom is 0.410 e. The molecule has 0 spiro atoms. The van der Waals surface area contributed by atoms with Crippen LogP contribution in [0.2, 0.25) is 5.02 Å². The highest BCUT2D eigenvalue weighted by Crippen LogP contribution is 2.39. The molecule has 9 nitrogen and oxygen atoms in total. The number of amides is 3. The van der Waals surface area contributed by atoms with Crippen LogP contribution in [0.3, 0.4) is 0 Å². The van der Waals surface area contributed by atoms with Gasteiger partial charge in [-0.1, -0.05) is 11.6 Å². The summed E-state index contributed by atoms with van der Waals surface area (Å²) in [6.07, 6.45) is 3.08. The molecule has 13 heteroatoms. The molecule has 180 valence electrons. The second-order valence-electron chi connectivity index (χ2n) is 7.34. The molecule has 1 fully saturated rings. The minimum Gasteiger partial charge on any atom is -0.469 e. The van der Waals surface area contributed by atoms with E-state index in [0.29, 0.717) is 6.54 Å². The van der Waals surface area contributed by atoms with Gasteiger partial charge in [-0.25, -0.2) is 18.4 Å². The van der Waals surface area contributed by atoms with Gasteiger partial charge >= 0.3 is 12.1 Å². The Labute approximate surface area is 198 Å². The fourth-order valence-corrected chi connectivity index (χ4v) is 4.15. The predicted octanol–water partition coefficient (Wildman–Crippen LogP) is 4.11. The third-order valence-electron chi connectivity index (χ3n) is 4.89. The monoisotopic (exact) mass is 503 g/mol. The van der Waals surface area contributed by atoms with Crippen molar-refractivity contribution in [1.29, 1.82) is 0 Å². The van der Waals surface area contributed by atoms with E-state index in [4.69, 9.17) is 26.8 Å². The van der Waals surface area contributed by atoms with Gasteiger partial charge in [0.2, 0.25) is 5.75 Å². The molecule has 1 aliphatic heterocycles. The quantitative estimate of drug-likeness (QED) is 0.420. The van der Waals surface area contributed by atoms with Crippen LogP contribution in [0.1, 0.15) is 31.2 Å². The zero-order valence-corrected chi connectivity index (χ0v) is 19.2. The summed E-state index contributed by atoms with van der Waals surface area (Å²) in [7, 11) is 0. The number of hydrogen-bond acceptors (Lipinski definition) is 7. The highest BCUT2D eigenvalue weighted by atomic mass is 35.5. The number of urea groups is 1. The van der Waals surface area contributed by atoms with Crippen molar-refractivity contribution in [3.63, 3.8) is 0 Å². The lowest BCUT2D eigenvalue weighted by Crippen LogP contribution is -2.30. The van der Waals surface area contributed by atoms with Crippen molar-refractivity contribution in [1.82, 2.24) is 14.6 Å². The number of nitrogens with zero attached hydrogens (tertiary/aromatic N) is 2. The molecule has 0 unspecified atom stereocenters. The molecule has 2 heterocycles. The molecule has 0 bridgehead atoms. The Morgan fingerprint density at radius 2 is 1.91 bits per heavy atom. The number of primary amides is 1. The van der Waals surface area contributed by atoms with Gasteiger partial charge in [0.15, 0.2) is 5.00 Å². The van der Waals surface area contributed by atoms with Gasteiger partial charge in [-0.15, -0.1) is 4.37 Å². The zero-order valence-electron chi connectivity index (χ0n) is 17.7. The van der Waals surface area contributed by atoms with Crippen LogP contribution in [-0.2, 0) is 6.61 Å². The second-order valence-corrected chi connectivity index (χ2v) is 8.55. The summed E-state index contributed by atoms with van der Waals surface area (Å²) in [5, 5.41) is 5.17. The Balaban J connectivity index is 1.54. The van der Waals surface area contributed by atoms with Gasteiger partial charge < -0.3 is 25.4 Å². The summed E-state index contributed by atoms with van der Waals surface area (Å²) in [6, 6.07) is 1.34. The highest BCUT2D eigenvalue weighted by molar-refractivity contribution is 7.11. The molecule has 1 saturated heterocycles. The molecule has 3 amide bonds. The minimum atomic E-state index is -1.17. The van der Waals surface area contributed by atoms with Crippen molar-refractivity contribution < 1.29 is 27.8 Å². The number of halogens is 3.